The molecule has 0 atom stereocenters. The van der Waals surface area contributed by atoms with Gasteiger partial charge in [0.15, 0.2) is 17.2 Å². The van der Waals surface area contributed by atoms with Crippen molar-refractivity contribution in [2.45, 2.75) is 6.61 Å². The Morgan fingerprint density at radius 2 is 1.68 bits per heavy atom. The number of benzene rings is 2. The summed E-state index contributed by atoms with van der Waals surface area (Å²) in [5.74, 6) is 1.01. The number of methoxy groups -OCH3 is 4. The molecule has 0 aliphatic carbocycles. The van der Waals surface area contributed by atoms with Gasteiger partial charge in [-0.1, -0.05) is 6.07 Å². The molecule has 11 heteroatoms. The molecule has 0 bridgehead atoms. The zero-order valence-electron chi connectivity index (χ0n) is 23.3. The number of hydrogen-bond acceptors (Lipinski definition) is 10. The molecule has 4 aromatic rings. The molecule has 1 fully saturated rings. The van der Waals surface area contributed by atoms with Gasteiger partial charge < -0.3 is 33.4 Å². The van der Waals surface area contributed by atoms with Crippen molar-refractivity contribution < 1.29 is 33.2 Å². The number of esters is 1. The van der Waals surface area contributed by atoms with Crippen LogP contribution in [0.1, 0.15) is 16.1 Å². The average molecular weight is 562 g/mol. The van der Waals surface area contributed by atoms with Crippen LogP contribution < -0.4 is 29.5 Å². The topological polar surface area (TPSA) is 111 Å². The van der Waals surface area contributed by atoms with E-state index in [0.717, 1.165) is 5.56 Å². The monoisotopic (exact) mass is 561 g/mol. The molecule has 1 saturated heterocycles. The van der Waals surface area contributed by atoms with E-state index in [1.165, 1.54) is 33.1 Å². The van der Waals surface area contributed by atoms with E-state index in [9.17, 15) is 9.59 Å². The predicted molar refractivity (Wildman–Crippen MR) is 152 cm³/mol. The van der Waals surface area contributed by atoms with Crippen molar-refractivity contribution in [3.63, 3.8) is 0 Å². The van der Waals surface area contributed by atoms with E-state index < -0.39 is 5.97 Å². The van der Waals surface area contributed by atoms with Crippen LogP contribution in [-0.4, -0.2) is 70.4 Å². The maximum absolute atomic E-state index is 14.2. The molecule has 1 aliphatic heterocycles. The van der Waals surface area contributed by atoms with Crippen molar-refractivity contribution in [1.29, 1.82) is 0 Å². The first-order chi connectivity index (χ1) is 20.0. The zero-order valence-corrected chi connectivity index (χ0v) is 23.3. The van der Waals surface area contributed by atoms with E-state index >= 15 is 0 Å². The largest absolute Gasteiger partial charge is 0.493 e. The van der Waals surface area contributed by atoms with Gasteiger partial charge in [-0.05, 0) is 47.3 Å². The Kier molecular flexibility index (Phi) is 8.25. The van der Waals surface area contributed by atoms with Gasteiger partial charge in [-0.3, -0.25) is 9.78 Å². The molecule has 0 spiro atoms. The lowest BCUT2D eigenvalue weighted by Crippen LogP contribution is -2.51. The van der Waals surface area contributed by atoms with Gasteiger partial charge in [0.25, 0.3) is 5.56 Å². The minimum absolute atomic E-state index is 0.0743. The first-order valence-corrected chi connectivity index (χ1v) is 13.0. The number of morpholine rings is 1. The Bertz CT molecular complexity index is 1590. The van der Waals surface area contributed by atoms with E-state index in [-0.39, 0.29) is 17.9 Å². The number of pyridine rings is 2. The lowest BCUT2D eigenvalue weighted by Gasteiger charge is -2.33. The van der Waals surface area contributed by atoms with E-state index in [1.54, 1.807) is 47.7 Å². The lowest BCUT2D eigenvalue weighted by atomic mass is 9.96. The maximum Gasteiger partial charge on any atom is 0.357 e. The third-order valence-corrected chi connectivity index (χ3v) is 6.86. The minimum Gasteiger partial charge on any atom is -0.493 e. The van der Waals surface area contributed by atoms with Crippen LogP contribution in [-0.2, 0) is 16.1 Å². The molecule has 41 heavy (non-hydrogen) atoms. The summed E-state index contributed by atoms with van der Waals surface area (Å²) < 4.78 is 34.9. The second kappa shape index (κ2) is 12.2. The lowest BCUT2D eigenvalue weighted by molar-refractivity contribution is 0.0580. The molecule has 214 valence electrons. The number of aromatic nitrogens is 2. The summed E-state index contributed by atoms with van der Waals surface area (Å²) in [5.41, 5.74) is 1.61. The quantitative estimate of drug-likeness (QED) is 0.282. The van der Waals surface area contributed by atoms with Crippen molar-refractivity contribution in [2.75, 3.05) is 59.8 Å². The predicted octanol–water partition coefficient (Wildman–Crippen LogP) is 3.42. The minimum atomic E-state index is -0.670. The number of carbonyl (C=O) groups is 1. The Morgan fingerprint density at radius 1 is 0.951 bits per heavy atom. The number of carbonyl (C=O) groups excluding carboxylic acids is 1. The fourth-order valence-corrected chi connectivity index (χ4v) is 4.93. The Morgan fingerprint density at radius 3 is 2.29 bits per heavy atom. The fourth-order valence-electron chi connectivity index (χ4n) is 4.93. The Balaban J connectivity index is 1.80. The molecule has 2 aromatic heterocycles. The van der Waals surface area contributed by atoms with E-state index in [2.05, 4.69) is 4.98 Å². The van der Waals surface area contributed by atoms with Crippen molar-refractivity contribution in [1.82, 2.24) is 9.66 Å². The number of fused-ring (bicyclic) bond motifs is 1. The van der Waals surface area contributed by atoms with Crippen LogP contribution in [0.4, 0.5) is 0 Å². The molecular weight excluding hydrogens is 530 g/mol. The van der Waals surface area contributed by atoms with E-state index in [0.29, 0.717) is 71.2 Å². The summed E-state index contributed by atoms with van der Waals surface area (Å²) in [6.45, 7) is 1.89. The maximum atomic E-state index is 14.2. The van der Waals surface area contributed by atoms with Crippen LogP contribution in [0.25, 0.3) is 21.9 Å². The van der Waals surface area contributed by atoms with Gasteiger partial charge in [0.1, 0.15) is 12.4 Å². The highest BCUT2D eigenvalue weighted by Gasteiger charge is 2.29. The Labute approximate surface area is 236 Å². The molecular formula is C30H31N3O8. The number of nitrogens with zero attached hydrogens (tertiary/aromatic N) is 3. The molecule has 1 aliphatic rings. The third-order valence-electron chi connectivity index (χ3n) is 6.86. The summed E-state index contributed by atoms with van der Waals surface area (Å²) in [7, 11) is 5.83. The van der Waals surface area contributed by atoms with Crippen LogP contribution in [0.5, 0.6) is 23.0 Å². The SMILES string of the molecule is COC(=O)c1c(-c2cc(OC)c(OC)c(OC)c2)c2ccc(OCc3cccnc3)cc2c(=O)n1N1CCOCC1. The highest BCUT2D eigenvalue weighted by atomic mass is 16.5. The van der Waals surface area contributed by atoms with Crippen LogP contribution in [0.15, 0.2) is 59.7 Å². The van der Waals surface area contributed by atoms with Crippen molar-refractivity contribution in [2.24, 2.45) is 0 Å². The molecule has 0 N–H and O–H groups in total. The number of ether oxygens (including phenoxy) is 6. The highest BCUT2D eigenvalue weighted by molar-refractivity contribution is 6.07. The van der Waals surface area contributed by atoms with Crippen LogP contribution in [0.2, 0.25) is 0 Å². The van der Waals surface area contributed by atoms with Crippen LogP contribution >= 0.6 is 0 Å². The van der Waals surface area contributed by atoms with Crippen molar-refractivity contribution >= 4 is 16.7 Å². The average Bonchev–Trinajstić information content (AvgIpc) is 3.03. The van der Waals surface area contributed by atoms with Gasteiger partial charge in [-0.25, -0.2) is 9.47 Å². The molecule has 0 unspecified atom stereocenters. The molecule has 0 saturated carbocycles. The molecule has 5 rings (SSSR count). The molecule has 3 heterocycles. The second-order valence-corrected chi connectivity index (χ2v) is 9.17. The standard InChI is InChI=1S/C30H31N3O8/c1-36-24-14-20(15-25(37-2)28(24)38-3)26-22-8-7-21(41-18-19-6-5-9-31-17-19)16-23(22)29(34)33(27(26)30(35)39-4)32-10-12-40-13-11-32/h5-9,14-17H,10-13,18H2,1-4H3. The fraction of sp³-hybridized carbons (Fsp3) is 0.300. The third kappa shape index (κ3) is 5.36. The molecule has 2 aromatic carbocycles. The molecule has 11 nitrogen and oxygen atoms in total. The first kappa shape index (κ1) is 27.8. The first-order valence-electron chi connectivity index (χ1n) is 13.0. The summed E-state index contributed by atoms with van der Waals surface area (Å²) in [4.78, 5) is 31.8. The van der Waals surface area contributed by atoms with Gasteiger partial charge >= 0.3 is 5.97 Å². The number of hydrogen-bond donors (Lipinski definition) is 0. The van der Waals surface area contributed by atoms with E-state index in [1.807, 2.05) is 12.1 Å². The number of rotatable bonds is 9. The van der Waals surface area contributed by atoms with Gasteiger partial charge in [0.2, 0.25) is 5.75 Å². The van der Waals surface area contributed by atoms with Crippen LogP contribution in [0, 0.1) is 0 Å². The van der Waals surface area contributed by atoms with Crippen molar-refractivity contribution in [3.8, 4) is 34.1 Å². The summed E-state index contributed by atoms with van der Waals surface area (Å²) >= 11 is 0. The second-order valence-electron chi connectivity index (χ2n) is 9.17. The zero-order chi connectivity index (χ0) is 28.9. The summed E-state index contributed by atoms with van der Waals surface area (Å²) in [5, 5.41) is 2.68. The molecule has 0 amide bonds. The van der Waals surface area contributed by atoms with Crippen molar-refractivity contribution in [3.05, 3.63) is 76.5 Å². The van der Waals surface area contributed by atoms with Crippen LogP contribution in [0.3, 0.4) is 0 Å². The van der Waals surface area contributed by atoms with Gasteiger partial charge in [-0.15, -0.1) is 0 Å². The highest BCUT2D eigenvalue weighted by Crippen LogP contribution is 2.43. The summed E-state index contributed by atoms with van der Waals surface area (Å²) in [6, 6.07) is 12.4. The van der Waals surface area contributed by atoms with Gasteiger partial charge in [0, 0.05) is 23.5 Å². The smallest absolute Gasteiger partial charge is 0.357 e. The van der Waals surface area contributed by atoms with Gasteiger partial charge in [0.05, 0.1) is 60.1 Å². The van der Waals surface area contributed by atoms with E-state index in [4.69, 9.17) is 28.4 Å². The molecule has 0 radical (unpaired) electrons. The van der Waals surface area contributed by atoms with Gasteiger partial charge in [-0.2, -0.15) is 0 Å². The normalized spacial score (nSPS) is 13.1. The summed E-state index contributed by atoms with van der Waals surface area (Å²) in [6.07, 6.45) is 3.41. The Hall–Kier alpha value is -4.77.